The number of hydrogen-bond donors (Lipinski definition) is 0. The van der Waals surface area contributed by atoms with E-state index in [2.05, 4.69) is 0 Å². The summed E-state index contributed by atoms with van der Waals surface area (Å²) in [6.45, 7) is 5.46. The molecule has 0 aliphatic heterocycles. The van der Waals surface area contributed by atoms with Crippen molar-refractivity contribution in [2.45, 2.75) is 20.8 Å². The van der Waals surface area contributed by atoms with Crippen LogP contribution in [0.25, 0.3) is 0 Å². The molecule has 0 N–H and O–H groups in total. The Morgan fingerprint density at radius 1 is 1.14 bits per heavy atom. The summed E-state index contributed by atoms with van der Waals surface area (Å²) in [5.74, 6) is -0.101. The number of benzene rings is 1. The van der Waals surface area contributed by atoms with Crippen LogP contribution in [0.4, 0.5) is 0 Å². The molecule has 0 aliphatic carbocycles. The maximum atomic E-state index is 12.1. The lowest BCUT2D eigenvalue weighted by Gasteiger charge is -2.08. The van der Waals surface area contributed by atoms with Crippen LogP contribution in [0.2, 0.25) is 0 Å². The lowest BCUT2D eigenvalue weighted by Crippen LogP contribution is -2.14. The van der Waals surface area contributed by atoms with Crippen LogP contribution in [0.1, 0.15) is 36.0 Å². The van der Waals surface area contributed by atoms with Gasteiger partial charge in [0.15, 0.2) is 6.61 Å². The smallest absolute Gasteiger partial charge is 0.338 e. The van der Waals surface area contributed by atoms with Gasteiger partial charge < -0.3 is 9.47 Å². The fourth-order valence-corrected chi connectivity index (χ4v) is 3.09. The normalized spacial score (nSPS) is 10.4. The van der Waals surface area contributed by atoms with Crippen molar-refractivity contribution in [1.29, 1.82) is 0 Å². The molecule has 0 saturated heterocycles. The van der Waals surface area contributed by atoms with Gasteiger partial charge in [-0.05, 0) is 44.5 Å². The van der Waals surface area contributed by atoms with E-state index in [4.69, 9.17) is 9.47 Å². The Hall–Kier alpha value is -2.14. The highest BCUT2D eigenvalue weighted by molar-refractivity contribution is 7.12. The highest BCUT2D eigenvalue weighted by Gasteiger charge is 2.16. The molecule has 116 valence electrons. The van der Waals surface area contributed by atoms with E-state index in [1.165, 1.54) is 0 Å². The number of thiophene rings is 1. The molecule has 0 fully saturated rings. The van der Waals surface area contributed by atoms with Gasteiger partial charge in [0.05, 0.1) is 12.7 Å². The topological polar surface area (TPSA) is 52.6 Å². The Labute approximate surface area is 133 Å². The summed E-state index contributed by atoms with van der Waals surface area (Å²) >= 11 is 1.56. The Morgan fingerprint density at radius 3 is 2.45 bits per heavy atom. The van der Waals surface area contributed by atoms with Gasteiger partial charge in [0.2, 0.25) is 5.78 Å². The van der Waals surface area contributed by atoms with Crippen molar-refractivity contribution < 1.29 is 19.1 Å². The second-order valence-corrected chi connectivity index (χ2v) is 6.47. The zero-order chi connectivity index (χ0) is 16.3. The molecule has 0 bridgehead atoms. The number of ketones is 1. The molecule has 2 rings (SSSR count). The minimum Gasteiger partial charge on any atom is -0.496 e. The van der Waals surface area contributed by atoms with Crippen LogP contribution in [0.5, 0.6) is 5.75 Å². The van der Waals surface area contributed by atoms with E-state index in [0.717, 1.165) is 15.3 Å². The second-order valence-electron chi connectivity index (χ2n) is 5.01. The predicted octanol–water partition coefficient (Wildman–Crippen LogP) is 3.72. The number of ether oxygens (including phenoxy) is 2. The van der Waals surface area contributed by atoms with E-state index >= 15 is 0 Å². The molecule has 5 heteroatoms. The van der Waals surface area contributed by atoms with Gasteiger partial charge in [0.1, 0.15) is 5.75 Å². The lowest BCUT2D eigenvalue weighted by atomic mass is 10.1. The fourth-order valence-electron chi connectivity index (χ4n) is 2.15. The third kappa shape index (κ3) is 3.54. The molecule has 0 aliphatic rings. The summed E-state index contributed by atoms with van der Waals surface area (Å²) < 4.78 is 10.3. The molecule has 4 nitrogen and oxygen atoms in total. The molecule has 1 aromatic carbocycles. The third-order valence-electron chi connectivity index (χ3n) is 3.32. The van der Waals surface area contributed by atoms with Gasteiger partial charge in [-0.15, -0.1) is 11.3 Å². The van der Waals surface area contributed by atoms with E-state index in [-0.39, 0.29) is 12.4 Å². The fraction of sp³-hybridized carbons (Fsp3) is 0.294. The number of carbonyl (C=O) groups excluding carboxylic acids is 2. The first-order chi connectivity index (χ1) is 10.4. The molecule has 22 heavy (non-hydrogen) atoms. The first kappa shape index (κ1) is 16.2. The average Bonchev–Trinajstić information content (AvgIpc) is 2.83. The quantitative estimate of drug-likeness (QED) is 0.623. The van der Waals surface area contributed by atoms with E-state index in [9.17, 15) is 9.59 Å². The van der Waals surface area contributed by atoms with Crippen molar-refractivity contribution in [1.82, 2.24) is 0 Å². The van der Waals surface area contributed by atoms with Gasteiger partial charge in [0, 0.05) is 15.3 Å². The number of carbonyl (C=O) groups is 2. The summed E-state index contributed by atoms with van der Waals surface area (Å²) in [5.41, 5.74) is 1.92. The van der Waals surface area contributed by atoms with E-state index in [0.29, 0.717) is 16.9 Å². The summed E-state index contributed by atoms with van der Waals surface area (Å²) in [5, 5.41) is 0. The van der Waals surface area contributed by atoms with Crippen molar-refractivity contribution in [3.8, 4) is 5.75 Å². The number of aryl methyl sites for hydroxylation is 3. The van der Waals surface area contributed by atoms with Crippen LogP contribution in [0.15, 0.2) is 24.3 Å². The van der Waals surface area contributed by atoms with Gasteiger partial charge in [-0.25, -0.2) is 4.79 Å². The molecule has 0 amide bonds. The molecule has 0 unspecified atom stereocenters. The monoisotopic (exact) mass is 318 g/mol. The minimum absolute atomic E-state index is 0.186. The van der Waals surface area contributed by atoms with Crippen molar-refractivity contribution in [2.75, 3.05) is 13.7 Å². The molecular weight excluding hydrogens is 300 g/mol. The average molecular weight is 318 g/mol. The summed E-state index contributed by atoms with van der Waals surface area (Å²) in [6, 6.07) is 6.88. The van der Waals surface area contributed by atoms with Crippen LogP contribution in [0, 0.1) is 20.8 Å². The van der Waals surface area contributed by atoms with Gasteiger partial charge in [-0.2, -0.15) is 0 Å². The van der Waals surface area contributed by atoms with Crippen LogP contribution >= 0.6 is 11.3 Å². The molecule has 0 spiro atoms. The van der Waals surface area contributed by atoms with Crippen LogP contribution in [-0.2, 0) is 4.74 Å². The SMILES string of the molecule is COc1cc(C(=O)OCC(=O)c2cc(C)sc2C)ccc1C. The number of methoxy groups -OCH3 is 1. The number of esters is 1. The van der Waals surface area contributed by atoms with Crippen LogP contribution in [0.3, 0.4) is 0 Å². The zero-order valence-electron chi connectivity index (χ0n) is 13.1. The zero-order valence-corrected chi connectivity index (χ0v) is 13.9. The van der Waals surface area contributed by atoms with Crippen molar-refractivity contribution in [3.63, 3.8) is 0 Å². The largest absolute Gasteiger partial charge is 0.496 e. The Balaban J connectivity index is 2.04. The Morgan fingerprint density at radius 2 is 1.86 bits per heavy atom. The highest BCUT2D eigenvalue weighted by atomic mass is 32.1. The number of Topliss-reactive ketones (excluding diaryl/α,β-unsaturated/α-hetero) is 1. The van der Waals surface area contributed by atoms with Gasteiger partial charge in [-0.1, -0.05) is 6.07 Å². The maximum Gasteiger partial charge on any atom is 0.338 e. The summed E-state index contributed by atoms with van der Waals surface area (Å²) in [7, 11) is 1.54. The van der Waals surface area contributed by atoms with E-state index in [1.54, 1.807) is 36.6 Å². The molecule has 2 aromatic rings. The first-order valence-corrected chi connectivity index (χ1v) is 7.66. The van der Waals surface area contributed by atoms with Crippen molar-refractivity contribution >= 4 is 23.1 Å². The second kappa shape index (κ2) is 6.75. The van der Waals surface area contributed by atoms with Crippen molar-refractivity contribution in [2.24, 2.45) is 0 Å². The predicted molar refractivity (Wildman–Crippen MR) is 86.1 cm³/mol. The minimum atomic E-state index is -0.531. The molecular formula is C17H18O4S. The standard InChI is InChI=1S/C17H18O4S/c1-10-5-6-13(8-16(10)20-4)17(19)21-9-15(18)14-7-11(2)22-12(14)3/h5-8H,9H2,1-4H3. The van der Waals surface area contributed by atoms with Crippen LogP contribution < -0.4 is 4.74 Å². The third-order valence-corrected chi connectivity index (χ3v) is 4.29. The maximum absolute atomic E-state index is 12.1. The molecule has 1 aromatic heterocycles. The van der Waals surface area contributed by atoms with Gasteiger partial charge in [0.25, 0.3) is 0 Å². The van der Waals surface area contributed by atoms with Gasteiger partial charge in [-0.3, -0.25) is 4.79 Å². The first-order valence-electron chi connectivity index (χ1n) is 6.84. The lowest BCUT2D eigenvalue weighted by molar-refractivity contribution is 0.0474. The molecule has 0 atom stereocenters. The highest BCUT2D eigenvalue weighted by Crippen LogP contribution is 2.22. The molecule has 0 radical (unpaired) electrons. The van der Waals surface area contributed by atoms with Crippen molar-refractivity contribution in [3.05, 3.63) is 50.7 Å². The Bertz CT molecular complexity index is 715. The number of hydrogen-bond acceptors (Lipinski definition) is 5. The Kier molecular flexibility index (Phi) is 4.98. The van der Waals surface area contributed by atoms with E-state index in [1.807, 2.05) is 26.8 Å². The van der Waals surface area contributed by atoms with E-state index < -0.39 is 5.97 Å². The number of rotatable bonds is 5. The molecule has 1 heterocycles. The van der Waals surface area contributed by atoms with Gasteiger partial charge >= 0.3 is 5.97 Å². The van der Waals surface area contributed by atoms with Crippen LogP contribution in [-0.4, -0.2) is 25.5 Å². The summed E-state index contributed by atoms with van der Waals surface area (Å²) in [4.78, 5) is 26.1. The molecule has 0 saturated carbocycles. The summed E-state index contributed by atoms with van der Waals surface area (Å²) in [6.07, 6.45) is 0.